The van der Waals surface area contributed by atoms with E-state index in [0.717, 1.165) is 0 Å². The minimum absolute atomic E-state index is 0.130. The Balaban J connectivity index is 0. The zero-order valence-corrected chi connectivity index (χ0v) is 9.12. The Kier molecular flexibility index (Phi) is 12.1. The molecule has 0 rings (SSSR count). The van der Waals surface area contributed by atoms with Gasteiger partial charge in [0.2, 0.25) is 0 Å². The second-order valence-electron chi connectivity index (χ2n) is 1.77. The average molecular weight is 228 g/mol. The molecule has 1 N–H and O–H groups in total. The molecule has 7 heteroatoms. The molecule has 14 heavy (non-hydrogen) atoms. The zero-order chi connectivity index (χ0) is 11.4. The fraction of sp³-hybridized carbons (Fsp3) is 0.714. The summed E-state index contributed by atoms with van der Waals surface area (Å²) >= 11 is 0. The predicted octanol–water partition coefficient (Wildman–Crippen LogP) is 0.400. The summed E-state index contributed by atoms with van der Waals surface area (Å²) in [4.78, 5) is 4.15. The molecule has 0 fully saturated rings. The highest BCUT2D eigenvalue weighted by atomic mass is 32.3. The van der Waals surface area contributed by atoms with Gasteiger partial charge in [-0.15, -0.1) is 6.58 Å². The lowest BCUT2D eigenvalue weighted by Gasteiger charge is -2.00. The van der Waals surface area contributed by atoms with Gasteiger partial charge in [0.05, 0.1) is 13.2 Å². The molecule has 0 aliphatic heterocycles. The monoisotopic (exact) mass is 228 g/mol. The van der Waals surface area contributed by atoms with Crippen molar-refractivity contribution in [1.82, 2.24) is 0 Å². The van der Waals surface area contributed by atoms with Crippen molar-refractivity contribution < 1.29 is 26.9 Å². The molecular weight excluding hydrogens is 212 g/mol. The molecule has 0 aliphatic rings. The lowest BCUT2D eigenvalue weighted by atomic mass is 10.7. The highest BCUT2D eigenvalue weighted by Gasteiger charge is 2.10. The van der Waals surface area contributed by atoms with Crippen molar-refractivity contribution in [2.75, 3.05) is 19.8 Å². The molecule has 0 saturated heterocycles. The second-order valence-corrected chi connectivity index (χ2v) is 2.96. The van der Waals surface area contributed by atoms with Crippen molar-refractivity contribution in [3.63, 3.8) is 0 Å². The Bertz CT molecular complexity index is 210. The van der Waals surface area contributed by atoms with Gasteiger partial charge in [0.1, 0.15) is 0 Å². The molecule has 6 nitrogen and oxygen atoms in total. The molecule has 0 heterocycles. The lowest BCUT2D eigenvalue weighted by Crippen LogP contribution is -2.10. The van der Waals surface area contributed by atoms with E-state index in [1.807, 2.05) is 0 Å². The number of rotatable bonds is 6. The van der Waals surface area contributed by atoms with E-state index in [-0.39, 0.29) is 19.8 Å². The Labute approximate surface area is 84.4 Å². The van der Waals surface area contributed by atoms with Crippen LogP contribution in [0.5, 0.6) is 0 Å². The first-order valence-corrected chi connectivity index (χ1v) is 5.29. The van der Waals surface area contributed by atoms with Crippen LogP contribution >= 0.6 is 0 Å². The van der Waals surface area contributed by atoms with Crippen LogP contribution < -0.4 is 0 Å². The Hall–Kier alpha value is -0.470. The van der Waals surface area contributed by atoms with E-state index >= 15 is 0 Å². The van der Waals surface area contributed by atoms with Crippen molar-refractivity contribution in [1.29, 1.82) is 0 Å². The summed E-state index contributed by atoms with van der Waals surface area (Å²) in [6, 6.07) is 0. The average Bonchev–Trinajstić information content (AvgIpc) is 2.13. The topological polar surface area (TPSA) is 82.1 Å². The van der Waals surface area contributed by atoms with Crippen LogP contribution in [0, 0.1) is 0 Å². The Morgan fingerprint density at radius 3 is 2.29 bits per heavy atom. The Morgan fingerprint density at radius 1 is 1.43 bits per heavy atom. The number of hydrogen-bond acceptors (Lipinski definition) is 6. The molecule has 0 atom stereocenters. The quantitative estimate of drug-likeness (QED) is 0.402. The minimum Gasteiger partial charge on any atom is -0.397 e. The molecule has 0 radical (unpaired) electrons. The Morgan fingerprint density at radius 2 is 1.93 bits per heavy atom. The summed E-state index contributed by atoms with van der Waals surface area (Å²) in [5.41, 5.74) is 0. The number of aliphatic hydroxyl groups is 1. The molecule has 0 saturated carbocycles. The summed E-state index contributed by atoms with van der Waals surface area (Å²) in [5, 5.41) is 7.57. The third-order valence-corrected chi connectivity index (χ3v) is 1.27. The van der Waals surface area contributed by atoms with Crippen LogP contribution in [0.2, 0.25) is 0 Å². The molecule has 0 aliphatic carbocycles. The molecule has 0 aromatic heterocycles. The smallest absolute Gasteiger partial charge is 0.397 e. The van der Waals surface area contributed by atoms with E-state index in [2.05, 4.69) is 20.0 Å². The highest BCUT2D eigenvalue weighted by Crippen LogP contribution is 1.95. The molecule has 0 unspecified atom stereocenters. The maximum atomic E-state index is 10.5. The van der Waals surface area contributed by atoms with E-state index in [9.17, 15) is 8.42 Å². The lowest BCUT2D eigenvalue weighted by molar-refractivity contribution is -0.204. The van der Waals surface area contributed by atoms with Gasteiger partial charge in [0.15, 0.2) is 0 Å². The molecular formula is C7H16O6S. The summed E-state index contributed by atoms with van der Waals surface area (Å²) < 4.78 is 29.1. The van der Waals surface area contributed by atoms with Crippen LogP contribution in [0.25, 0.3) is 0 Å². The van der Waals surface area contributed by atoms with Crippen LogP contribution in [0.15, 0.2) is 12.7 Å². The van der Waals surface area contributed by atoms with Crippen molar-refractivity contribution in [2.45, 2.75) is 13.8 Å². The highest BCUT2D eigenvalue weighted by molar-refractivity contribution is 7.81. The van der Waals surface area contributed by atoms with Crippen LogP contribution in [0.4, 0.5) is 0 Å². The SMILES string of the molecule is C=CCOS(=O)(=O)OOCC.CCO. The van der Waals surface area contributed by atoms with Crippen LogP contribution in [-0.2, 0) is 23.8 Å². The number of aliphatic hydroxyl groups excluding tert-OH is 1. The van der Waals surface area contributed by atoms with Crippen LogP contribution in [0.1, 0.15) is 13.8 Å². The van der Waals surface area contributed by atoms with E-state index in [0.29, 0.717) is 0 Å². The van der Waals surface area contributed by atoms with E-state index in [1.165, 1.54) is 6.08 Å². The van der Waals surface area contributed by atoms with Gasteiger partial charge in [-0.05, 0) is 13.8 Å². The van der Waals surface area contributed by atoms with Gasteiger partial charge in [-0.2, -0.15) is 8.42 Å². The largest absolute Gasteiger partial charge is 0.426 e. The van der Waals surface area contributed by atoms with Gasteiger partial charge in [0.25, 0.3) is 0 Å². The second kappa shape index (κ2) is 10.6. The van der Waals surface area contributed by atoms with Gasteiger partial charge in [0, 0.05) is 6.61 Å². The van der Waals surface area contributed by atoms with Crippen molar-refractivity contribution in [3.8, 4) is 0 Å². The van der Waals surface area contributed by atoms with Crippen molar-refractivity contribution in [3.05, 3.63) is 12.7 Å². The predicted molar refractivity (Wildman–Crippen MR) is 50.5 cm³/mol. The van der Waals surface area contributed by atoms with Gasteiger partial charge in [-0.1, -0.05) is 10.4 Å². The van der Waals surface area contributed by atoms with E-state index < -0.39 is 10.4 Å². The first-order chi connectivity index (χ1) is 6.54. The molecule has 0 spiro atoms. The van der Waals surface area contributed by atoms with E-state index in [1.54, 1.807) is 13.8 Å². The standard InChI is InChI=1S/C5H10O5S.C2H6O/c1-3-5-9-11(6,7)10-8-4-2;1-2-3/h3H,1,4-5H2,2H3;3H,2H2,1H3. The molecule has 0 aromatic rings. The van der Waals surface area contributed by atoms with Gasteiger partial charge >= 0.3 is 10.4 Å². The zero-order valence-electron chi connectivity index (χ0n) is 8.30. The minimum atomic E-state index is -4.00. The third-order valence-electron chi connectivity index (χ3n) is 0.580. The maximum Gasteiger partial charge on any atom is 0.426 e. The fourth-order valence-corrected chi connectivity index (χ4v) is 0.774. The summed E-state index contributed by atoms with van der Waals surface area (Å²) in [5.74, 6) is 0. The first-order valence-electron chi connectivity index (χ1n) is 3.96. The van der Waals surface area contributed by atoms with E-state index in [4.69, 9.17) is 5.11 Å². The normalized spacial score (nSPS) is 10.2. The molecule has 0 aromatic carbocycles. The summed E-state index contributed by atoms with van der Waals surface area (Å²) in [7, 11) is -4.00. The summed E-state index contributed by atoms with van der Waals surface area (Å²) in [6.45, 7) is 6.78. The van der Waals surface area contributed by atoms with Gasteiger partial charge in [-0.3, -0.25) is 0 Å². The van der Waals surface area contributed by atoms with Gasteiger partial charge < -0.3 is 5.11 Å². The summed E-state index contributed by atoms with van der Waals surface area (Å²) in [6.07, 6.45) is 1.28. The van der Waals surface area contributed by atoms with Crippen LogP contribution in [-0.4, -0.2) is 33.3 Å². The molecule has 0 amide bonds. The first kappa shape index (κ1) is 16.0. The van der Waals surface area contributed by atoms with Crippen molar-refractivity contribution in [2.24, 2.45) is 0 Å². The molecule has 0 bridgehead atoms. The third kappa shape index (κ3) is 14.1. The van der Waals surface area contributed by atoms with Crippen LogP contribution in [0.3, 0.4) is 0 Å². The number of hydrogen-bond donors (Lipinski definition) is 1. The maximum absolute atomic E-state index is 10.5. The fourth-order valence-electron chi connectivity index (χ4n) is 0.258. The molecule has 86 valence electrons. The van der Waals surface area contributed by atoms with Crippen molar-refractivity contribution >= 4 is 10.4 Å². The van der Waals surface area contributed by atoms with Gasteiger partial charge in [-0.25, -0.2) is 9.07 Å².